The van der Waals surface area contributed by atoms with Gasteiger partial charge in [-0.05, 0) is 42.3 Å². The molecule has 4 rings (SSSR count). The van der Waals surface area contributed by atoms with E-state index in [1.807, 2.05) is 0 Å². The molecule has 0 unspecified atom stereocenters. The van der Waals surface area contributed by atoms with Crippen LogP contribution in [-0.4, -0.2) is 42.6 Å². The average Bonchev–Trinajstić information content (AvgIpc) is 3.16. The fourth-order valence-electron chi connectivity index (χ4n) is 3.53. The largest absolute Gasteiger partial charge is 0.421 e. The number of pyridine rings is 1. The molecule has 0 saturated heterocycles. The maximum Gasteiger partial charge on any atom is 0.421 e. The van der Waals surface area contributed by atoms with Crippen LogP contribution in [0, 0.1) is 6.92 Å². The van der Waals surface area contributed by atoms with E-state index in [9.17, 15) is 26.4 Å². The SMILES string of the molecule is Cc1ccc(CNc2nc(Nc3ccc4c(c3)CC(=O)N4)ncc2C(F)(F)F)nc1N(C)S(C)(=O)=O. The first-order valence-corrected chi connectivity index (χ1v) is 12.4. The second-order valence-corrected chi connectivity index (χ2v) is 10.2. The fourth-order valence-corrected chi connectivity index (χ4v) is 4.03. The van der Waals surface area contributed by atoms with E-state index < -0.39 is 27.6 Å². The topological polar surface area (TPSA) is 129 Å². The van der Waals surface area contributed by atoms with E-state index in [2.05, 4.69) is 30.9 Å². The zero-order valence-electron chi connectivity index (χ0n) is 19.4. The third-order valence-electron chi connectivity index (χ3n) is 5.44. The van der Waals surface area contributed by atoms with Crippen LogP contribution in [0.3, 0.4) is 0 Å². The highest BCUT2D eigenvalue weighted by Crippen LogP contribution is 2.35. The standard InChI is InChI=1S/C22H22F3N7O3S/c1-12-4-5-15(28-20(12)32(2)36(3,34)35)10-26-19-16(22(23,24)25)11-27-21(31-19)29-14-6-7-17-13(8-14)9-18(33)30-17/h4-8,11H,9-10H2,1-3H3,(H,30,33)(H2,26,27,29,31). The van der Waals surface area contributed by atoms with Crippen molar-refractivity contribution in [3.05, 3.63) is 58.9 Å². The number of carbonyl (C=O) groups excluding carboxylic acids is 1. The summed E-state index contributed by atoms with van der Waals surface area (Å²) < 4.78 is 65.6. The minimum Gasteiger partial charge on any atom is -0.364 e. The molecule has 3 heterocycles. The van der Waals surface area contributed by atoms with Gasteiger partial charge in [0.15, 0.2) is 0 Å². The van der Waals surface area contributed by atoms with E-state index in [0.29, 0.717) is 28.8 Å². The lowest BCUT2D eigenvalue weighted by Crippen LogP contribution is -2.27. The van der Waals surface area contributed by atoms with Crippen LogP contribution in [-0.2, 0) is 34.0 Å². The van der Waals surface area contributed by atoms with Gasteiger partial charge in [0, 0.05) is 24.6 Å². The molecule has 36 heavy (non-hydrogen) atoms. The van der Waals surface area contributed by atoms with E-state index in [1.54, 1.807) is 37.3 Å². The number of hydrogen-bond donors (Lipinski definition) is 3. The van der Waals surface area contributed by atoms with Crippen LogP contribution in [0.25, 0.3) is 0 Å². The second-order valence-electron chi connectivity index (χ2n) is 8.20. The molecule has 0 saturated carbocycles. The highest BCUT2D eigenvalue weighted by Gasteiger charge is 2.35. The number of aryl methyl sites for hydroxylation is 1. The summed E-state index contributed by atoms with van der Waals surface area (Å²) in [5, 5.41) is 8.20. The van der Waals surface area contributed by atoms with Gasteiger partial charge in [-0.15, -0.1) is 0 Å². The Morgan fingerprint density at radius 1 is 1.17 bits per heavy atom. The Labute approximate surface area is 205 Å². The number of anilines is 5. The van der Waals surface area contributed by atoms with Gasteiger partial charge in [-0.2, -0.15) is 18.2 Å². The predicted molar refractivity (Wildman–Crippen MR) is 129 cm³/mol. The number of hydrogen-bond acceptors (Lipinski definition) is 8. The van der Waals surface area contributed by atoms with E-state index in [1.165, 1.54) is 7.05 Å². The molecule has 1 amide bonds. The van der Waals surface area contributed by atoms with Crippen molar-refractivity contribution in [1.82, 2.24) is 15.0 Å². The second kappa shape index (κ2) is 9.26. The molecular formula is C22H22F3N7O3S. The smallest absolute Gasteiger partial charge is 0.364 e. The number of sulfonamides is 1. The summed E-state index contributed by atoms with van der Waals surface area (Å²) in [5.41, 5.74) is 1.75. The first kappa shape index (κ1) is 25.2. The van der Waals surface area contributed by atoms with Gasteiger partial charge in [-0.1, -0.05) is 6.07 Å². The number of benzene rings is 1. The first-order chi connectivity index (χ1) is 16.8. The molecule has 0 atom stereocenters. The number of nitrogens with zero attached hydrogens (tertiary/aromatic N) is 4. The van der Waals surface area contributed by atoms with E-state index in [-0.39, 0.29) is 30.6 Å². The third-order valence-corrected chi connectivity index (χ3v) is 6.61. The quantitative estimate of drug-likeness (QED) is 0.431. The van der Waals surface area contributed by atoms with Crippen LogP contribution in [0.2, 0.25) is 0 Å². The van der Waals surface area contributed by atoms with Crippen molar-refractivity contribution >= 4 is 44.9 Å². The van der Waals surface area contributed by atoms with Crippen molar-refractivity contribution in [2.24, 2.45) is 0 Å². The van der Waals surface area contributed by atoms with Gasteiger partial charge in [0.1, 0.15) is 17.2 Å². The molecule has 14 heteroatoms. The molecule has 0 radical (unpaired) electrons. The molecule has 0 bridgehead atoms. The molecule has 3 N–H and O–H groups in total. The van der Waals surface area contributed by atoms with Gasteiger partial charge >= 0.3 is 6.18 Å². The van der Waals surface area contributed by atoms with E-state index in [0.717, 1.165) is 16.1 Å². The molecule has 0 fully saturated rings. The average molecular weight is 522 g/mol. The van der Waals surface area contributed by atoms with Gasteiger partial charge in [0.25, 0.3) is 0 Å². The van der Waals surface area contributed by atoms with Gasteiger partial charge in [-0.25, -0.2) is 18.4 Å². The summed E-state index contributed by atoms with van der Waals surface area (Å²) in [6, 6.07) is 8.23. The van der Waals surface area contributed by atoms with E-state index >= 15 is 0 Å². The molecule has 190 valence electrons. The Bertz CT molecular complexity index is 1450. The Hall–Kier alpha value is -3.94. The number of halogens is 3. The van der Waals surface area contributed by atoms with Crippen molar-refractivity contribution in [2.45, 2.75) is 26.1 Å². The Balaban J connectivity index is 1.59. The van der Waals surface area contributed by atoms with Crippen LogP contribution in [0.15, 0.2) is 36.5 Å². The van der Waals surface area contributed by atoms with Crippen LogP contribution in [0.1, 0.15) is 22.4 Å². The summed E-state index contributed by atoms with van der Waals surface area (Å²) in [4.78, 5) is 23.6. The minimum absolute atomic E-state index is 0.0860. The lowest BCUT2D eigenvalue weighted by Gasteiger charge is -2.19. The molecule has 1 aliphatic heterocycles. The van der Waals surface area contributed by atoms with Gasteiger partial charge in [-0.3, -0.25) is 9.10 Å². The Morgan fingerprint density at radius 3 is 2.61 bits per heavy atom. The van der Waals surface area contributed by atoms with Crippen molar-refractivity contribution in [3.63, 3.8) is 0 Å². The molecule has 10 nitrogen and oxygen atoms in total. The summed E-state index contributed by atoms with van der Waals surface area (Å²) in [7, 11) is -2.24. The van der Waals surface area contributed by atoms with Crippen LogP contribution in [0.4, 0.5) is 42.1 Å². The Kier molecular flexibility index (Phi) is 6.47. The zero-order valence-corrected chi connectivity index (χ0v) is 20.3. The number of nitrogens with one attached hydrogen (secondary N) is 3. The number of aromatic nitrogens is 3. The van der Waals surface area contributed by atoms with Crippen molar-refractivity contribution < 1.29 is 26.4 Å². The third kappa shape index (κ3) is 5.48. The lowest BCUT2D eigenvalue weighted by atomic mass is 10.1. The van der Waals surface area contributed by atoms with Crippen molar-refractivity contribution in [3.8, 4) is 0 Å². The van der Waals surface area contributed by atoms with Crippen LogP contribution in [0.5, 0.6) is 0 Å². The predicted octanol–water partition coefficient (Wildman–Crippen LogP) is 3.44. The number of rotatable bonds is 7. The Morgan fingerprint density at radius 2 is 1.92 bits per heavy atom. The highest BCUT2D eigenvalue weighted by molar-refractivity contribution is 7.92. The van der Waals surface area contributed by atoms with E-state index in [4.69, 9.17) is 0 Å². The monoisotopic (exact) mass is 521 g/mol. The zero-order chi connectivity index (χ0) is 26.3. The number of carbonyl (C=O) groups is 1. The van der Waals surface area contributed by atoms with Crippen LogP contribution >= 0.6 is 0 Å². The molecule has 0 spiro atoms. The summed E-state index contributed by atoms with van der Waals surface area (Å²) in [5.74, 6) is -0.534. The number of fused-ring (bicyclic) bond motifs is 1. The molecule has 0 aliphatic carbocycles. The molecule has 3 aromatic rings. The first-order valence-electron chi connectivity index (χ1n) is 10.6. The molecule has 2 aromatic heterocycles. The summed E-state index contributed by atoms with van der Waals surface area (Å²) in [6.45, 7) is 1.52. The summed E-state index contributed by atoms with van der Waals surface area (Å²) >= 11 is 0. The van der Waals surface area contributed by atoms with Gasteiger partial charge in [0.2, 0.25) is 21.9 Å². The number of alkyl halides is 3. The van der Waals surface area contributed by atoms with Crippen molar-refractivity contribution in [1.29, 1.82) is 0 Å². The molecule has 1 aromatic carbocycles. The number of amides is 1. The van der Waals surface area contributed by atoms with Crippen molar-refractivity contribution in [2.75, 3.05) is 33.6 Å². The minimum atomic E-state index is -4.72. The maximum absolute atomic E-state index is 13.6. The lowest BCUT2D eigenvalue weighted by molar-refractivity contribution is -0.137. The maximum atomic E-state index is 13.6. The van der Waals surface area contributed by atoms with Gasteiger partial charge in [0.05, 0.1) is 24.9 Å². The van der Waals surface area contributed by atoms with Crippen LogP contribution < -0.4 is 20.3 Å². The fraction of sp³-hybridized carbons (Fsp3) is 0.273. The molecule has 1 aliphatic rings. The normalized spacial score (nSPS) is 13.2. The summed E-state index contributed by atoms with van der Waals surface area (Å²) in [6.07, 6.45) is -2.82. The van der Waals surface area contributed by atoms with Gasteiger partial charge < -0.3 is 16.0 Å². The molecular weight excluding hydrogens is 499 g/mol. The highest BCUT2D eigenvalue weighted by atomic mass is 32.2.